The van der Waals surface area contributed by atoms with Gasteiger partial charge in [0.15, 0.2) is 5.82 Å². The number of carboxylic acids is 1. The van der Waals surface area contributed by atoms with Gasteiger partial charge < -0.3 is 10.0 Å². The molecule has 8 nitrogen and oxygen atoms in total. The average molecular weight is 315 g/mol. The number of carbonyl (C=O) groups excluding carboxylic acids is 1. The minimum atomic E-state index is -1.14. The topological polar surface area (TPSA) is 112 Å². The molecule has 1 aliphatic heterocycles. The van der Waals surface area contributed by atoms with Crippen LogP contribution >= 0.6 is 0 Å². The highest BCUT2D eigenvalue weighted by atomic mass is 16.4. The van der Waals surface area contributed by atoms with Crippen molar-refractivity contribution in [1.82, 2.24) is 25.1 Å². The number of aromatic amines is 1. The van der Waals surface area contributed by atoms with Crippen molar-refractivity contribution in [3.05, 3.63) is 41.2 Å². The van der Waals surface area contributed by atoms with Gasteiger partial charge in [0, 0.05) is 30.8 Å². The Labute approximate surface area is 132 Å². The Morgan fingerprint density at radius 1 is 1.35 bits per heavy atom. The summed E-state index contributed by atoms with van der Waals surface area (Å²) in [5, 5.41) is 16.0. The molecule has 0 atom stereocenters. The SMILES string of the molecule is Cc1nc(C2CCN(C(=O)c3ccnc(C(=O)O)c3)CC2)n[nH]1. The lowest BCUT2D eigenvalue weighted by atomic mass is 9.95. The molecule has 3 heterocycles. The molecule has 0 bridgehead atoms. The number of H-pyrrole nitrogens is 1. The third-order valence-corrected chi connectivity index (χ3v) is 3.99. The highest BCUT2D eigenvalue weighted by molar-refractivity contribution is 5.96. The predicted molar refractivity (Wildman–Crippen MR) is 80.2 cm³/mol. The Balaban J connectivity index is 1.66. The van der Waals surface area contributed by atoms with E-state index in [0.717, 1.165) is 24.5 Å². The monoisotopic (exact) mass is 315 g/mol. The van der Waals surface area contributed by atoms with Gasteiger partial charge in [-0.15, -0.1) is 0 Å². The van der Waals surface area contributed by atoms with Gasteiger partial charge in [-0.25, -0.2) is 14.8 Å². The van der Waals surface area contributed by atoms with Gasteiger partial charge in [-0.1, -0.05) is 0 Å². The lowest BCUT2D eigenvalue weighted by molar-refractivity contribution is 0.0690. The molecule has 8 heteroatoms. The number of likely N-dealkylation sites (tertiary alicyclic amines) is 1. The number of nitrogens with one attached hydrogen (secondary N) is 1. The molecule has 0 aliphatic carbocycles. The highest BCUT2D eigenvalue weighted by Gasteiger charge is 2.27. The molecule has 120 valence electrons. The molecule has 1 saturated heterocycles. The van der Waals surface area contributed by atoms with E-state index in [4.69, 9.17) is 5.11 Å². The fraction of sp³-hybridized carbons (Fsp3) is 0.400. The first-order chi connectivity index (χ1) is 11.0. The first-order valence-electron chi connectivity index (χ1n) is 7.42. The molecule has 0 aromatic carbocycles. The molecular formula is C15H17N5O3. The number of hydrogen-bond acceptors (Lipinski definition) is 5. The van der Waals surface area contributed by atoms with Crippen LogP contribution in [0.3, 0.4) is 0 Å². The third-order valence-electron chi connectivity index (χ3n) is 3.99. The van der Waals surface area contributed by atoms with Gasteiger partial charge in [0.25, 0.3) is 5.91 Å². The molecule has 23 heavy (non-hydrogen) atoms. The number of rotatable bonds is 3. The average Bonchev–Trinajstić information content (AvgIpc) is 3.01. The standard InChI is InChI=1S/C15H17N5O3/c1-9-17-13(19-18-9)10-3-6-20(7-4-10)14(21)11-2-5-16-12(8-11)15(22)23/h2,5,8,10H,3-4,6-7H2,1H3,(H,22,23)(H,17,18,19). The van der Waals surface area contributed by atoms with E-state index in [1.807, 2.05) is 6.92 Å². The zero-order chi connectivity index (χ0) is 16.4. The Morgan fingerprint density at radius 3 is 2.70 bits per heavy atom. The molecule has 1 aliphatic rings. The Hall–Kier alpha value is -2.77. The smallest absolute Gasteiger partial charge is 0.354 e. The van der Waals surface area contributed by atoms with E-state index in [1.165, 1.54) is 12.3 Å². The molecule has 2 aromatic heterocycles. The van der Waals surface area contributed by atoms with Crippen LogP contribution in [-0.4, -0.2) is 55.1 Å². The summed E-state index contributed by atoms with van der Waals surface area (Å²) in [6, 6.07) is 2.86. The van der Waals surface area contributed by atoms with E-state index in [2.05, 4.69) is 20.2 Å². The molecule has 3 rings (SSSR count). The van der Waals surface area contributed by atoms with Crippen molar-refractivity contribution in [3.8, 4) is 0 Å². The molecule has 0 spiro atoms. The maximum Gasteiger partial charge on any atom is 0.354 e. The van der Waals surface area contributed by atoms with E-state index >= 15 is 0 Å². The summed E-state index contributed by atoms with van der Waals surface area (Å²) in [6.45, 7) is 3.06. The van der Waals surface area contributed by atoms with Gasteiger partial charge in [0.2, 0.25) is 0 Å². The van der Waals surface area contributed by atoms with Crippen molar-refractivity contribution in [2.75, 3.05) is 13.1 Å². The molecule has 0 radical (unpaired) electrons. The van der Waals surface area contributed by atoms with Crippen LogP contribution in [0.5, 0.6) is 0 Å². The van der Waals surface area contributed by atoms with Gasteiger partial charge in [0.05, 0.1) is 0 Å². The number of amides is 1. The van der Waals surface area contributed by atoms with Crippen molar-refractivity contribution in [1.29, 1.82) is 0 Å². The van der Waals surface area contributed by atoms with Crippen LogP contribution in [0.15, 0.2) is 18.3 Å². The summed E-state index contributed by atoms with van der Waals surface area (Å²) in [5.41, 5.74) is 0.228. The Morgan fingerprint density at radius 2 is 2.09 bits per heavy atom. The zero-order valence-electron chi connectivity index (χ0n) is 12.7. The summed E-state index contributed by atoms with van der Waals surface area (Å²) < 4.78 is 0. The summed E-state index contributed by atoms with van der Waals surface area (Å²) in [7, 11) is 0. The van der Waals surface area contributed by atoms with Crippen molar-refractivity contribution >= 4 is 11.9 Å². The number of pyridine rings is 1. The Bertz CT molecular complexity index is 734. The molecule has 2 aromatic rings. The second-order valence-corrected chi connectivity index (χ2v) is 5.58. The van der Waals surface area contributed by atoms with Gasteiger partial charge in [-0.05, 0) is 31.9 Å². The van der Waals surface area contributed by atoms with E-state index < -0.39 is 5.97 Å². The summed E-state index contributed by atoms with van der Waals surface area (Å²) in [4.78, 5) is 33.3. The summed E-state index contributed by atoms with van der Waals surface area (Å²) >= 11 is 0. The quantitative estimate of drug-likeness (QED) is 0.881. The first kappa shape index (κ1) is 15.1. The van der Waals surface area contributed by atoms with Crippen LogP contribution in [0.4, 0.5) is 0 Å². The van der Waals surface area contributed by atoms with Gasteiger partial charge in [0.1, 0.15) is 11.5 Å². The largest absolute Gasteiger partial charge is 0.477 e. The van der Waals surface area contributed by atoms with E-state index in [9.17, 15) is 9.59 Å². The number of aryl methyl sites for hydroxylation is 1. The molecule has 1 fully saturated rings. The number of aromatic carboxylic acids is 1. The van der Waals surface area contributed by atoms with Crippen molar-refractivity contribution in [2.45, 2.75) is 25.7 Å². The van der Waals surface area contributed by atoms with E-state index in [0.29, 0.717) is 18.7 Å². The van der Waals surface area contributed by atoms with Crippen molar-refractivity contribution < 1.29 is 14.7 Å². The number of hydrogen-bond donors (Lipinski definition) is 2. The summed E-state index contributed by atoms with van der Waals surface area (Å²) in [6.07, 6.45) is 2.93. The van der Waals surface area contributed by atoms with Gasteiger partial charge >= 0.3 is 5.97 Å². The second kappa shape index (κ2) is 6.15. The van der Waals surface area contributed by atoms with Crippen LogP contribution in [0.25, 0.3) is 0 Å². The third kappa shape index (κ3) is 3.20. The molecule has 0 unspecified atom stereocenters. The number of aromatic nitrogens is 4. The molecule has 0 saturated carbocycles. The molecule has 2 N–H and O–H groups in total. The van der Waals surface area contributed by atoms with Crippen LogP contribution in [0, 0.1) is 6.92 Å². The van der Waals surface area contributed by atoms with Gasteiger partial charge in [-0.3, -0.25) is 9.89 Å². The van der Waals surface area contributed by atoms with E-state index in [-0.39, 0.29) is 17.5 Å². The summed E-state index contributed by atoms with van der Waals surface area (Å²) in [5.74, 6) is 0.525. The number of carboxylic acid groups (broad SMARTS) is 1. The zero-order valence-corrected chi connectivity index (χ0v) is 12.7. The Kier molecular flexibility index (Phi) is 4.05. The van der Waals surface area contributed by atoms with Gasteiger partial charge in [-0.2, -0.15) is 5.10 Å². The predicted octanol–water partition coefficient (Wildman–Crippen LogP) is 1.23. The molecule has 1 amide bonds. The second-order valence-electron chi connectivity index (χ2n) is 5.58. The lowest BCUT2D eigenvalue weighted by Gasteiger charge is -2.30. The first-order valence-corrected chi connectivity index (χ1v) is 7.42. The normalized spacial score (nSPS) is 15.6. The van der Waals surface area contributed by atoms with E-state index in [1.54, 1.807) is 11.0 Å². The molecular weight excluding hydrogens is 298 g/mol. The highest BCUT2D eigenvalue weighted by Crippen LogP contribution is 2.26. The van der Waals surface area contributed by atoms with Crippen LogP contribution in [0.1, 0.15) is 51.3 Å². The fourth-order valence-electron chi connectivity index (χ4n) is 2.75. The maximum atomic E-state index is 12.5. The van der Waals surface area contributed by atoms with Crippen molar-refractivity contribution in [3.63, 3.8) is 0 Å². The minimum absolute atomic E-state index is 0.123. The maximum absolute atomic E-state index is 12.5. The number of piperidine rings is 1. The van der Waals surface area contributed by atoms with Crippen molar-refractivity contribution in [2.24, 2.45) is 0 Å². The fourth-order valence-corrected chi connectivity index (χ4v) is 2.75. The van der Waals surface area contributed by atoms with Crippen LogP contribution in [-0.2, 0) is 0 Å². The number of carbonyl (C=O) groups is 2. The lowest BCUT2D eigenvalue weighted by Crippen LogP contribution is -2.38. The number of nitrogens with zero attached hydrogens (tertiary/aromatic N) is 4. The van der Waals surface area contributed by atoms with Crippen LogP contribution in [0.2, 0.25) is 0 Å². The van der Waals surface area contributed by atoms with Crippen LogP contribution < -0.4 is 0 Å². The minimum Gasteiger partial charge on any atom is -0.477 e.